The van der Waals surface area contributed by atoms with Crippen molar-refractivity contribution >= 4 is 0 Å². The lowest BCUT2D eigenvalue weighted by Gasteiger charge is -2.21. The molecule has 90 valence electrons. The van der Waals surface area contributed by atoms with Gasteiger partial charge in [-0.2, -0.15) is 0 Å². The van der Waals surface area contributed by atoms with Crippen molar-refractivity contribution in [1.29, 1.82) is 0 Å². The highest BCUT2D eigenvalue weighted by Crippen LogP contribution is 2.16. The zero-order valence-corrected chi connectivity index (χ0v) is 10.9. The number of nitrogens with two attached hydrogens (primary N) is 1. The average Bonchev–Trinajstić information content (AvgIpc) is 2.28. The van der Waals surface area contributed by atoms with Crippen LogP contribution in [0.3, 0.4) is 0 Å². The molecule has 16 heavy (non-hydrogen) atoms. The molecule has 0 heterocycles. The van der Waals surface area contributed by atoms with Crippen LogP contribution in [0.2, 0.25) is 0 Å². The molecule has 1 aromatic carbocycles. The molecule has 0 aliphatic heterocycles. The summed E-state index contributed by atoms with van der Waals surface area (Å²) in [6.07, 6.45) is 4.62. The Kier molecular flexibility index (Phi) is 5.54. The van der Waals surface area contributed by atoms with Crippen molar-refractivity contribution in [3.8, 4) is 0 Å². The first kappa shape index (κ1) is 13.2. The molecule has 0 spiro atoms. The summed E-state index contributed by atoms with van der Waals surface area (Å²) in [6.45, 7) is 6.62. The van der Waals surface area contributed by atoms with E-state index in [1.165, 1.54) is 24.0 Å². The van der Waals surface area contributed by atoms with Gasteiger partial charge in [-0.3, -0.25) is 0 Å². The molecule has 1 aromatic rings. The third-order valence-electron chi connectivity index (χ3n) is 3.50. The fourth-order valence-corrected chi connectivity index (χ4v) is 2.33. The van der Waals surface area contributed by atoms with Crippen molar-refractivity contribution in [2.75, 3.05) is 0 Å². The SMILES string of the molecule is CCC(CC)C(N)CCc1cccc(C)c1. The third kappa shape index (κ3) is 3.97. The van der Waals surface area contributed by atoms with E-state index in [2.05, 4.69) is 45.0 Å². The molecular formula is C15H25N. The molecule has 0 saturated heterocycles. The standard InChI is InChI=1S/C15H25N/c1-4-14(5-2)15(16)10-9-13-8-6-7-12(3)11-13/h6-8,11,14-15H,4-5,9-10,16H2,1-3H3. The van der Waals surface area contributed by atoms with Crippen molar-refractivity contribution in [1.82, 2.24) is 0 Å². The zero-order chi connectivity index (χ0) is 12.0. The fraction of sp³-hybridized carbons (Fsp3) is 0.600. The largest absolute Gasteiger partial charge is 0.327 e. The van der Waals surface area contributed by atoms with Gasteiger partial charge in [0.15, 0.2) is 0 Å². The molecule has 0 aromatic heterocycles. The van der Waals surface area contributed by atoms with Gasteiger partial charge in [0, 0.05) is 6.04 Å². The Morgan fingerprint density at radius 3 is 2.44 bits per heavy atom. The summed E-state index contributed by atoms with van der Waals surface area (Å²) < 4.78 is 0. The van der Waals surface area contributed by atoms with Crippen LogP contribution in [-0.2, 0) is 6.42 Å². The quantitative estimate of drug-likeness (QED) is 0.776. The van der Waals surface area contributed by atoms with Gasteiger partial charge in [-0.25, -0.2) is 0 Å². The van der Waals surface area contributed by atoms with E-state index in [9.17, 15) is 0 Å². The summed E-state index contributed by atoms with van der Waals surface area (Å²) in [6, 6.07) is 9.10. The maximum Gasteiger partial charge on any atom is 0.00701 e. The molecule has 1 rings (SSSR count). The maximum atomic E-state index is 6.22. The Hall–Kier alpha value is -0.820. The summed E-state index contributed by atoms with van der Waals surface area (Å²) >= 11 is 0. The van der Waals surface area contributed by atoms with Crippen LogP contribution in [0.5, 0.6) is 0 Å². The minimum Gasteiger partial charge on any atom is -0.327 e. The van der Waals surface area contributed by atoms with E-state index in [0.717, 1.165) is 12.8 Å². The molecule has 1 unspecified atom stereocenters. The lowest BCUT2D eigenvalue weighted by molar-refractivity contribution is 0.378. The Bertz CT molecular complexity index is 302. The lowest BCUT2D eigenvalue weighted by Crippen LogP contribution is -2.29. The van der Waals surface area contributed by atoms with Crippen LogP contribution < -0.4 is 5.73 Å². The van der Waals surface area contributed by atoms with Gasteiger partial charge in [-0.05, 0) is 31.2 Å². The molecule has 1 atom stereocenters. The van der Waals surface area contributed by atoms with Crippen molar-refractivity contribution < 1.29 is 0 Å². The molecule has 0 aliphatic carbocycles. The Morgan fingerprint density at radius 1 is 1.19 bits per heavy atom. The second-order valence-corrected chi connectivity index (χ2v) is 4.77. The van der Waals surface area contributed by atoms with Crippen molar-refractivity contribution in [2.24, 2.45) is 11.7 Å². The topological polar surface area (TPSA) is 26.0 Å². The van der Waals surface area contributed by atoms with E-state index in [4.69, 9.17) is 5.73 Å². The highest BCUT2D eigenvalue weighted by Gasteiger charge is 2.13. The molecule has 2 N–H and O–H groups in total. The molecule has 0 amide bonds. The summed E-state index contributed by atoms with van der Waals surface area (Å²) in [5.74, 6) is 0.685. The molecule has 0 aliphatic rings. The maximum absolute atomic E-state index is 6.22. The normalized spacial score (nSPS) is 13.1. The van der Waals surface area contributed by atoms with Gasteiger partial charge in [0.2, 0.25) is 0 Å². The van der Waals surface area contributed by atoms with Crippen LogP contribution in [-0.4, -0.2) is 6.04 Å². The van der Waals surface area contributed by atoms with Crippen LogP contribution >= 0.6 is 0 Å². The fourth-order valence-electron chi connectivity index (χ4n) is 2.33. The van der Waals surface area contributed by atoms with Crippen LogP contribution in [0.4, 0.5) is 0 Å². The first-order valence-electron chi connectivity index (χ1n) is 6.48. The predicted octanol–water partition coefficient (Wildman–Crippen LogP) is 3.69. The van der Waals surface area contributed by atoms with E-state index in [1.807, 2.05) is 0 Å². The minimum absolute atomic E-state index is 0.357. The van der Waals surface area contributed by atoms with Gasteiger partial charge in [0.25, 0.3) is 0 Å². The Labute approximate surface area is 100 Å². The van der Waals surface area contributed by atoms with Gasteiger partial charge >= 0.3 is 0 Å². The zero-order valence-electron chi connectivity index (χ0n) is 10.9. The summed E-state index contributed by atoms with van der Waals surface area (Å²) in [4.78, 5) is 0. The number of hydrogen-bond acceptors (Lipinski definition) is 1. The van der Waals surface area contributed by atoms with Gasteiger partial charge in [0.1, 0.15) is 0 Å². The monoisotopic (exact) mass is 219 g/mol. The van der Waals surface area contributed by atoms with Gasteiger partial charge in [-0.15, -0.1) is 0 Å². The Balaban J connectivity index is 2.45. The molecule has 0 fully saturated rings. The van der Waals surface area contributed by atoms with Crippen LogP contribution in [0.15, 0.2) is 24.3 Å². The average molecular weight is 219 g/mol. The predicted molar refractivity (Wildman–Crippen MR) is 71.5 cm³/mol. The number of aryl methyl sites for hydroxylation is 2. The van der Waals surface area contributed by atoms with Crippen LogP contribution in [0, 0.1) is 12.8 Å². The molecule has 1 heteroatoms. The molecule has 0 saturated carbocycles. The third-order valence-corrected chi connectivity index (χ3v) is 3.50. The second kappa shape index (κ2) is 6.70. The molecule has 0 radical (unpaired) electrons. The van der Waals surface area contributed by atoms with Gasteiger partial charge in [0.05, 0.1) is 0 Å². The number of benzene rings is 1. The number of hydrogen-bond donors (Lipinski definition) is 1. The summed E-state index contributed by atoms with van der Waals surface area (Å²) in [7, 11) is 0. The van der Waals surface area contributed by atoms with Crippen molar-refractivity contribution in [3.63, 3.8) is 0 Å². The van der Waals surface area contributed by atoms with E-state index in [1.54, 1.807) is 0 Å². The van der Waals surface area contributed by atoms with E-state index >= 15 is 0 Å². The highest BCUT2D eigenvalue weighted by atomic mass is 14.6. The number of rotatable bonds is 6. The molecule has 0 bridgehead atoms. The second-order valence-electron chi connectivity index (χ2n) is 4.77. The molecule has 1 nitrogen and oxygen atoms in total. The van der Waals surface area contributed by atoms with Crippen LogP contribution in [0.1, 0.15) is 44.2 Å². The van der Waals surface area contributed by atoms with E-state index in [0.29, 0.717) is 12.0 Å². The van der Waals surface area contributed by atoms with Gasteiger partial charge < -0.3 is 5.73 Å². The van der Waals surface area contributed by atoms with Crippen LogP contribution in [0.25, 0.3) is 0 Å². The van der Waals surface area contributed by atoms with Crippen molar-refractivity contribution in [2.45, 2.75) is 52.5 Å². The summed E-state index contributed by atoms with van der Waals surface area (Å²) in [5.41, 5.74) is 8.98. The summed E-state index contributed by atoms with van der Waals surface area (Å²) in [5, 5.41) is 0. The lowest BCUT2D eigenvalue weighted by atomic mass is 9.90. The minimum atomic E-state index is 0.357. The smallest absolute Gasteiger partial charge is 0.00701 e. The van der Waals surface area contributed by atoms with Gasteiger partial charge in [-0.1, -0.05) is 56.5 Å². The molecular weight excluding hydrogens is 194 g/mol. The first-order valence-corrected chi connectivity index (χ1v) is 6.48. The highest BCUT2D eigenvalue weighted by molar-refractivity contribution is 5.22. The Morgan fingerprint density at radius 2 is 1.88 bits per heavy atom. The van der Waals surface area contributed by atoms with E-state index < -0.39 is 0 Å². The first-order chi connectivity index (χ1) is 7.67. The van der Waals surface area contributed by atoms with Crippen molar-refractivity contribution in [3.05, 3.63) is 35.4 Å². The van der Waals surface area contributed by atoms with E-state index in [-0.39, 0.29) is 0 Å².